The van der Waals surface area contributed by atoms with Crippen molar-refractivity contribution in [3.8, 4) is 0 Å². The number of rotatable bonds is 11. The SMILES string of the molecule is C=COCCCN1C(=O)C(S(=O)(=O)C(F)(F)F)C(=O)N(CCCOC=C)S1(=O)=O.[K+]. The van der Waals surface area contributed by atoms with E-state index in [0.717, 1.165) is 12.5 Å². The zero-order chi connectivity index (χ0) is 22.5. The zero-order valence-electron chi connectivity index (χ0n) is 16.0. The zero-order valence-corrected chi connectivity index (χ0v) is 20.8. The first-order valence-electron chi connectivity index (χ1n) is 7.97. The molecule has 0 aromatic heterocycles. The van der Waals surface area contributed by atoms with Gasteiger partial charge in [-0.1, -0.05) is 13.2 Å². The molecule has 10 nitrogen and oxygen atoms in total. The average molecular weight is 504 g/mol. The van der Waals surface area contributed by atoms with E-state index in [1.54, 1.807) is 0 Å². The van der Waals surface area contributed by atoms with Crippen LogP contribution < -0.4 is 51.4 Å². The Bertz CT molecular complexity index is 819. The van der Waals surface area contributed by atoms with Gasteiger partial charge < -0.3 is 9.47 Å². The Morgan fingerprint density at radius 3 is 1.63 bits per heavy atom. The Morgan fingerprint density at radius 1 is 0.967 bits per heavy atom. The first-order valence-corrected chi connectivity index (χ1v) is 10.9. The van der Waals surface area contributed by atoms with Gasteiger partial charge in [0.2, 0.25) is 5.25 Å². The van der Waals surface area contributed by atoms with Crippen LogP contribution in [0.2, 0.25) is 0 Å². The number of amides is 2. The molecule has 0 aliphatic carbocycles. The third-order valence-corrected chi connectivity index (χ3v) is 7.12. The van der Waals surface area contributed by atoms with E-state index in [1.165, 1.54) is 0 Å². The Labute approximate surface area is 214 Å². The summed E-state index contributed by atoms with van der Waals surface area (Å²) >= 11 is 0. The second kappa shape index (κ2) is 11.8. The van der Waals surface area contributed by atoms with Crippen LogP contribution in [0.1, 0.15) is 12.8 Å². The van der Waals surface area contributed by atoms with Crippen molar-refractivity contribution in [1.29, 1.82) is 0 Å². The quantitative estimate of drug-likeness (QED) is 0.129. The van der Waals surface area contributed by atoms with E-state index in [9.17, 15) is 39.6 Å². The molecule has 0 saturated carbocycles. The van der Waals surface area contributed by atoms with Gasteiger partial charge in [-0.05, 0) is 0 Å². The molecule has 1 fully saturated rings. The van der Waals surface area contributed by atoms with Crippen molar-refractivity contribution in [2.24, 2.45) is 0 Å². The molecule has 1 aliphatic rings. The van der Waals surface area contributed by atoms with Crippen LogP contribution in [0.5, 0.6) is 0 Å². The number of carbonyl (C=O) groups is 2. The van der Waals surface area contributed by atoms with E-state index in [4.69, 9.17) is 9.47 Å². The van der Waals surface area contributed by atoms with Crippen molar-refractivity contribution < 1.29 is 100 Å². The predicted molar refractivity (Wildman–Crippen MR) is 92.6 cm³/mol. The largest absolute Gasteiger partial charge is 1.00 e. The fraction of sp³-hybridized carbons (Fsp3) is 0.571. The smallest absolute Gasteiger partial charge is 0.502 e. The number of halogens is 3. The molecule has 16 heteroatoms. The van der Waals surface area contributed by atoms with E-state index in [-0.39, 0.29) is 86.1 Å². The van der Waals surface area contributed by atoms with E-state index < -0.39 is 55.7 Å². The third kappa shape index (κ3) is 6.43. The van der Waals surface area contributed by atoms with Gasteiger partial charge in [0.1, 0.15) is 0 Å². The maximum absolute atomic E-state index is 13.0. The van der Waals surface area contributed by atoms with Crippen LogP contribution in [-0.4, -0.2) is 74.3 Å². The second-order valence-electron chi connectivity index (χ2n) is 5.48. The van der Waals surface area contributed by atoms with E-state index >= 15 is 0 Å². The molecular formula is C14H19F3KN2O8S2+. The molecular weight excluding hydrogens is 484 g/mol. The van der Waals surface area contributed by atoms with Gasteiger partial charge in [-0.15, -0.1) is 0 Å². The van der Waals surface area contributed by atoms with Crippen molar-refractivity contribution in [3.63, 3.8) is 0 Å². The van der Waals surface area contributed by atoms with Crippen molar-refractivity contribution in [2.75, 3.05) is 26.3 Å². The molecule has 166 valence electrons. The number of alkyl halides is 3. The maximum atomic E-state index is 13.0. The second-order valence-corrected chi connectivity index (χ2v) is 9.28. The molecule has 0 bridgehead atoms. The van der Waals surface area contributed by atoms with Crippen LogP contribution in [0.25, 0.3) is 0 Å². The van der Waals surface area contributed by atoms with Gasteiger partial charge in [-0.25, -0.2) is 17.0 Å². The van der Waals surface area contributed by atoms with Gasteiger partial charge in [-0.3, -0.25) is 9.59 Å². The summed E-state index contributed by atoms with van der Waals surface area (Å²) in [5.41, 5.74) is -5.95. The molecule has 1 saturated heterocycles. The van der Waals surface area contributed by atoms with Gasteiger partial charge >= 0.3 is 67.1 Å². The number of hydrogen-bond donors (Lipinski definition) is 0. The molecule has 0 N–H and O–H groups in total. The van der Waals surface area contributed by atoms with Gasteiger partial charge in [-0.2, -0.15) is 21.6 Å². The van der Waals surface area contributed by atoms with E-state index in [2.05, 4.69) is 13.2 Å². The van der Waals surface area contributed by atoms with Crippen LogP contribution in [0.4, 0.5) is 13.2 Å². The van der Waals surface area contributed by atoms with Gasteiger partial charge in [0.05, 0.1) is 25.7 Å². The molecule has 30 heavy (non-hydrogen) atoms. The van der Waals surface area contributed by atoms with E-state index in [1.807, 2.05) is 0 Å². The van der Waals surface area contributed by atoms with E-state index in [0.29, 0.717) is 0 Å². The van der Waals surface area contributed by atoms with Crippen LogP contribution in [0, 0.1) is 0 Å². The summed E-state index contributed by atoms with van der Waals surface area (Å²) in [5, 5.41) is -3.26. The molecule has 0 unspecified atom stereocenters. The van der Waals surface area contributed by atoms with Crippen LogP contribution >= 0.6 is 0 Å². The van der Waals surface area contributed by atoms with Gasteiger partial charge in [0.25, 0.3) is 21.7 Å². The number of carbonyl (C=O) groups excluding carboxylic acids is 2. The Hall–Kier alpha value is -0.654. The minimum Gasteiger partial charge on any atom is -0.502 e. The fourth-order valence-electron chi connectivity index (χ4n) is 2.31. The monoisotopic (exact) mass is 503 g/mol. The molecule has 0 aromatic carbocycles. The van der Waals surface area contributed by atoms with Crippen LogP contribution in [0.3, 0.4) is 0 Å². The molecule has 0 spiro atoms. The summed E-state index contributed by atoms with van der Waals surface area (Å²) in [5.74, 6) is -3.99. The van der Waals surface area contributed by atoms with Crippen molar-refractivity contribution in [1.82, 2.24) is 8.61 Å². The number of hydrogen-bond acceptors (Lipinski definition) is 8. The molecule has 2 amide bonds. The van der Waals surface area contributed by atoms with Crippen LogP contribution in [0.15, 0.2) is 25.7 Å². The predicted octanol–water partition coefficient (Wildman–Crippen LogP) is -2.69. The minimum atomic E-state index is -6.33. The Morgan fingerprint density at radius 2 is 1.33 bits per heavy atom. The summed E-state index contributed by atoms with van der Waals surface area (Å²) in [6.07, 6.45) is 1.66. The summed E-state index contributed by atoms with van der Waals surface area (Å²) < 4.78 is 97.1. The molecule has 0 aromatic rings. The number of ether oxygens (including phenoxy) is 2. The average Bonchev–Trinajstić information content (AvgIpc) is 2.59. The number of sulfone groups is 1. The van der Waals surface area contributed by atoms with Gasteiger partial charge in [0.15, 0.2) is 0 Å². The fourth-order valence-corrected chi connectivity index (χ4v) is 5.12. The summed E-state index contributed by atoms with van der Waals surface area (Å²) in [6, 6.07) is 0. The molecule has 1 rings (SSSR count). The molecule has 1 heterocycles. The summed E-state index contributed by atoms with van der Waals surface area (Å²) in [6.45, 7) is 4.76. The third-order valence-electron chi connectivity index (χ3n) is 3.61. The minimum absolute atomic E-state index is 0. The van der Waals surface area contributed by atoms with Crippen LogP contribution in [-0.2, 0) is 39.1 Å². The van der Waals surface area contributed by atoms with Crippen molar-refractivity contribution in [3.05, 3.63) is 25.7 Å². The van der Waals surface area contributed by atoms with Gasteiger partial charge in [0, 0.05) is 25.9 Å². The normalized spacial score (nSPS) is 17.3. The van der Waals surface area contributed by atoms with Crippen molar-refractivity contribution >= 4 is 31.9 Å². The molecule has 0 radical (unpaired) electrons. The maximum Gasteiger partial charge on any atom is 1.00 e. The summed E-state index contributed by atoms with van der Waals surface area (Å²) in [4.78, 5) is 24.7. The first-order chi connectivity index (χ1) is 13.3. The van der Waals surface area contributed by atoms with Crippen molar-refractivity contribution in [2.45, 2.75) is 23.6 Å². The number of nitrogens with zero attached hydrogens (tertiary/aromatic N) is 2. The first kappa shape index (κ1) is 29.3. The standard InChI is InChI=1S/C14H19F3N2O8S2.K/c1-3-26-9-5-7-18-12(20)11(28(22,23)14(15,16)17)13(21)19(29(18,24)25)8-6-10-27-4-2;/h3-4,11H,1-2,5-10H2;/q;+1. The molecule has 0 atom stereocenters. The summed E-state index contributed by atoms with van der Waals surface area (Å²) in [7, 11) is -11.2. The topological polar surface area (TPSA) is 127 Å². The Balaban J connectivity index is 0.00000841. The Kier molecular flexibility index (Phi) is 11.6. The molecule has 1 aliphatic heterocycles.